The highest BCUT2D eigenvalue weighted by Crippen LogP contribution is 2.28. The maximum Gasteiger partial charge on any atom is 0.317 e. The van der Waals surface area contributed by atoms with Crippen LogP contribution in [0.5, 0.6) is 0 Å². The Bertz CT molecular complexity index is 511. The van der Waals surface area contributed by atoms with E-state index in [1.807, 2.05) is 17.0 Å². The Morgan fingerprint density at radius 1 is 1.00 bits per heavy atom. The lowest BCUT2D eigenvalue weighted by Crippen LogP contribution is -2.46. The summed E-state index contributed by atoms with van der Waals surface area (Å²) in [6.45, 7) is 1.70. The molecule has 0 aromatic heterocycles. The number of hydrogen-bond acceptors (Lipinski definition) is 1. The van der Waals surface area contributed by atoms with Gasteiger partial charge in [-0.05, 0) is 43.4 Å². The van der Waals surface area contributed by atoms with Gasteiger partial charge in [0.15, 0.2) is 0 Å². The fraction of sp³-hybridized carbons (Fsp3) is 0.632. The maximum atomic E-state index is 12.6. The van der Waals surface area contributed by atoms with Crippen LogP contribution in [0, 0.1) is 0 Å². The summed E-state index contributed by atoms with van der Waals surface area (Å²) in [5, 5.41) is 4.04. The third-order valence-corrected chi connectivity index (χ3v) is 5.48. The summed E-state index contributed by atoms with van der Waals surface area (Å²) in [7, 11) is 0. The van der Waals surface area contributed by atoms with Crippen LogP contribution in [0.3, 0.4) is 0 Å². The van der Waals surface area contributed by atoms with Gasteiger partial charge >= 0.3 is 6.03 Å². The van der Waals surface area contributed by atoms with Gasteiger partial charge < -0.3 is 10.2 Å². The standard InChI is InChI=1S/C19H27ClN2O/c20-17-11-9-15(10-12-17)16-6-4-5-13-22(14-16)19(23)21-18-7-2-1-3-8-18/h9-12,16,18H,1-8,13-14H2,(H,21,23). The molecule has 1 N–H and O–H groups in total. The Kier molecular flexibility index (Phi) is 5.82. The van der Waals surface area contributed by atoms with Crippen molar-refractivity contribution in [2.75, 3.05) is 13.1 Å². The second kappa shape index (κ2) is 8.05. The number of benzene rings is 1. The third-order valence-electron chi connectivity index (χ3n) is 5.23. The molecule has 1 aliphatic heterocycles. The molecule has 3 rings (SSSR count). The first-order valence-corrected chi connectivity index (χ1v) is 9.41. The predicted octanol–water partition coefficient (Wildman–Crippen LogP) is 4.95. The molecule has 4 heteroatoms. The number of rotatable bonds is 2. The highest BCUT2D eigenvalue weighted by Gasteiger charge is 2.25. The molecule has 1 unspecified atom stereocenters. The third kappa shape index (κ3) is 4.63. The number of nitrogens with zero attached hydrogens (tertiary/aromatic N) is 1. The van der Waals surface area contributed by atoms with Crippen molar-refractivity contribution in [3.63, 3.8) is 0 Å². The van der Waals surface area contributed by atoms with Crippen molar-refractivity contribution in [2.24, 2.45) is 0 Å². The second-order valence-electron chi connectivity index (χ2n) is 6.97. The number of amides is 2. The van der Waals surface area contributed by atoms with Crippen LogP contribution in [0.25, 0.3) is 0 Å². The van der Waals surface area contributed by atoms with Gasteiger partial charge in [-0.15, -0.1) is 0 Å². The van der Waals surface area contributed by atoms with Gasteiger partial charge in [-0.3, -0.25) is 0 Å². The predicted molar refractivity (Wildman–Crippen MR) is 95.0 cm³/mol. The first-order chi connectivity index (χ1) is 11.2. The molecule has 1 atom stereocenters. The summed E-state index contributed by atoms with van der Waals surface area (Å²) < 4.78 is 0. The van der Waals surface area contributed by atoms with Crippen molar-refractivity contribution in [1.82, 2.24) is 10.2 Å². The Morgan fingerprint density at radius 3 is 2.43 bits per heavy atom. The molecule has 1 saturated heterocycles. The minimum atomic E-state index is 0.137. The Morgan fingerprint density at radius 2 is 1.70 bits per heavy atom. The zero-order valence-corrected chi connectivity index (χ0v) is 14.5. The van der Waals surface area contributed by atoms with Crippen LogP contribution in [0.2, 0.25) is 5.02 Å². The molecule has 2 amide bonds. The average Bonchev–Trinajstić information content (AvgIpc) is 2.83. The van der Waals surface area contributed by atoms with Crippen molar-refractivity contribution in [3.8, 4) is 0 Å². The van der Waals surface area contributed by atoms with Gasteiger partial charge in [0, 0.05) is 30.1 Å². The average molecular weight is 335 g/mol. The molecule has 0 bridgehead atoms. The number of likely N-dealkylation sites (tertiary alicyclic amines) is 1. The number of nitrogens with one attached hydrogen (secondary N) is 1. The number of urea groups is 1. The van der Waals surface area contributed by atoms with E-state index in [9.17, 15) is 4.79 Å². The normalized spacial score (nSPS) is 23.3. The molecule has 1 aliphatic carbocycles. The van der Waals surface area contributed by atoms with Crippen molar-refractivity contribution in [1.29, 1.82) is 0 Å². The first-order valence-electron chi connectivity index (χ1n) is 9.03. The highest BCUT2D eigenvalue weighted by atomic mass is 35.5. The quantitative estimate of drug-likeness (QED) is 0.815. The van der Waals surface area contributed by atoms with Crippen LogP contribution in [0.1, 0.15) is 62.8 Å². The fourth-order valence-corrected chi connectivity index (χ4v) is 3.97. The largest absolute Gasteiger partial charge is 0.335 e. The minimum Gasteiger partial charge on any atom is -0.335 e. The van der Waals surface area contributed by atoms with Crippen molar-refractivity contribution >= 4 is 17.6 Å². The van der Waals surface area contributed by atoms with E-state index in [-0.39, 0.29) is 6.03 Å². The summed E-state index contributed by atoms with van der Waals surface area (Å²) in [5.74, 6) is 0.423. The number of carbonyl (C=O) groups is 1. The molecule has 23 heavy (non-hydrogen) atoms. The van der Waals surface area contributed by atoms with Crippen LogP contribution < -0.4 is 5.32 Å². The molecule has 1 aromatic carbocycles. The van der Waals surface area contributed by atoms with E-state index in [1.54, 1.807) is 0 Å². The monoisotopic (exact) mass is 334 g/mol. The molecule has 2 fully saturated rings. The summed E-state index contributed by atoms with van der Waals surface area (Å²) in [4.78, 5) is 14.7. The summed E-state index contributed by atoms with van der Waals surface area (Å²) >= 11 is 6.00. The highest BCUT2D eigenvalue weighted by molar-refractivity contribution is 6.30. The van der Waals surface area contributed by atoms with Crippen molar-refractivity contribution < 1.29 is 4.79 Å². The van der Waals surface area contributed by atoms with E-state index in [0.29, 0.717) is 12.0 Å². The Labute approximate surface area is 144 Å². The van der Waals surface area contributed by atoms with E-state index in [0.717, 1.165) is 43.8 Å². The van der Waals surface area contributed by atoms with E-state index in [4.69, 9.17) is 11.6 Å². The number of carbonyl (C=O) groups excluding carboxylic acids is 1. The van der Waals surface area contributed by atoms with Gasteiger partial charge in [0.2, 0.25) is 0 Å². The molecule has 3 nitrogen and oxygen atoms in total. The summed E-state index contributed by atoms with van der Waals surface area (Å²) in [6.07, 6.45) is 9.52. The van der Waals surface area contributed by atoms with Crippen LogP contribution in [0.15, 0.2) is 24.3 Å². The second-order valence-corrected chi connectivity index (χ2v) is 7.41. The van der Waals surface area contributed by atoms with Gasteiger partial charge in [-0.2, -0.15) is 0 Å². The zero-order chi connectivity index (χ0) is 16.1. The molecule has 126 valence electrons. The lowest BCUT2D eigenvalue weighted by molar-refractivity contribution is 0.189. The van der Waals surface area contributed by atoms with Crippen LogP contribution in [0.4, 0.5) is 4.79 Å². The minimum absolute atomic E-state index is 0.137. The lowest BCUT2D eigenvalue weighted by atomic mass is 9.94. The van der Waals surface area contributed by atoms with E-state index in [1.165, 1.54) is 31.2 Å². The topological polar surface area (TPSA) is 32.3 Å². The molecule has 0 radical (unpaired) electrons. The molecular weight excluding hydrogens is 308 g/mol. The maximum absolute atomic E-state index is 12.6. The smallest absolute Gasteiger partial charge is 0.317 e. The SMILES string of the molecule is O=C(NC1CCCCC1)N1CCCCC(c2ccc(Cl)cc2)C1. The molecule has 1 heterocycles. The Balaban J connectivity index is 1.61. The number of hydrogen-bond donors (Lipinski definition) is 1. The van der Waals surface area contributed by atoms with Gasteiger partial charge in [-0.1, -0.05) is 49.4 Å². The lowest BCUT2D eigenvalue weighted by Gasteiger charge is -2.29. The molecule has 1 aromatic rings. The van der Waals surface area contributed by atoms with E-state index in [2.05, 4.69) is 17.4 Å². The van der Waals surface area contributed by atoms with Gasteiger partial charge in [0.25, 0.3) is 0 Å². The number of halogens is 1. The first kappa shape index (κ1) is 16.6. The Hall–Kier alpha value is -1.22. The summed E-state index contributed by atoms with van der Waals surface area (Å²) in [5.41, 5.74) is 1.30. The van der Waals surface area contributed by atoms with Crippen LogP contribution >= 0.6 is 11.6 Å². The fourth-order valence-electron chi connectivity index (χ4n) is 3.85. The summed E-state index contributed by atoms with van der Waals surface area (Å²) in [6, 6.07) is 8.64. The van der Waals surface area contributed by atoms with Gasteiger partial charge in [-0.25, -0.2) is 4.79 Å². The van der Waals surface area contributed by atoms with E-state index < -0.39 is 0 Å². The molecule has 1 saturated carbocycles. The van der Waals surface area contributed by atoms with Crippen molar-refractivity contribution in [3.05, 3.63) is 34.9 Å². The van der Waals surface area contributed by atoms with E-state index >= 15 is 0 Å². The van der Waals surface area contributed by atoms with Crippen LogP contribution in [-0.2, 0) is 0 Å². The zero-order valence-electron chi connectivity index (χ0n) is 13.8. The van der Waals surface area contributed by atoms with Crippen molar-refractivity contribution in [2.45, 2.75) is 63.3 Å². The van der Waals surface area contributed by atoms with Gasteiger partial charge in [0.1, 0.15) is 0 Å². The van der Waals surface area contributed by atoms with Gasteiger partial charge in [0.05, 0.1) is 0 Å². The molecular formula is C19H27ClN2O. The molecule has 2 aliphatic rings. The van der Waals surface area contributed by atoms with Crippen LogP contribution in [-0.4, -0.2) is 30.1 Å². The molecule has 0 spiro atoms.